The van der Waals surface area contributed by atoms with E-state index in [-0.39, 0.29) is 12.3 Å². The molecule has 3 aromatic carbocycles. The van der Waals surface area contributed by atoms with Crippen molar-refractivity contribution < 1.29 is 19.2 Å². The molecule has 9 nitrogen and oxygen atoms in total. The molecule has 1 aliphatic rings. The minimum atomic E-state index is -0.713. The van der Waals surface area contributed by atoms with Gasteiger partial charge in [-0.05, 0) is 54.4 Å². The molecule has 0 unspecified atom stereocenters. The lowest BCUT2D eigenvalue weighted by Crippen LogP contribution is -2.29. The molecule has 0 spiro atoms. The lowest BCUT2D eigenvalue weighted by molar-refractivity contribution is -0.384. The number of non-ortho nitro benzene ring substituents is 1. The van der Waals surface area contributed by atoms with Crippen molar-refractivity contribution in [3.63, 3.8) is 0 Å². The minimum absolute atomic E-state index is 0.0683. The van der Waals surface area contributed by atoms with E-state index in [4.69, 9.17) is 14.5 Å². The number of nitrogens with zero attached hydrogens (tertiary/aromatic N) is 3. The summed E-state index contributed by atoms with van der Waals surface area (Å²) in [6.45, 7) is 1.92. The van der Waals surface area contributed by atoms with E-state index in [2.05, 4.69) is 5.32 Å². The van der Waals surface area contributed by atoms with Crippen LogP contribution in [0.1, 0.15) is 24.1 Å². The van der Waals surface area contributed by atoms with E-state index >= 15 is 0 Å². The fourth-order valence-corrected chi connectivity index (χ4v) is 4.37. The number of para-hydroxylation sites is 2. The minimum Gasteiger partial charge on any atom is -0.497 e. The van der Waals surface area contributed by atoms with Crippen LogP contribution in [0, 0.1) is 10.1 Å². The van der Waals surface area contributed by atoms with Crippen molar-refractivity contribution in [1.29, 1.82) is 0 Å². The summed E-state index contributed by atoms with van der Waals surface area (Å²) in [6, 6.07) is 20.4. The Balaban J connectivity index is 1.82. The maximum Gasteiger partial charge on any atom is 0.338 e. The molecule has 0 saturated heterocycles. The lowest BCUT2D eigenvalue weighted by Gasteiger charge is -2.31. The standard InChI is InChI=1S/C26H22N4O5/c1-3-35-25(31)22-23(16-11-13-19(34-2)14-12-16)28-26-27-20-9-4-5-10-21(20)29(26)24(22)17-7-6-8-18(15-17)30(32)33/h4-15,24H,3H2,1-2H3,(H,27,28)/t24-/m1/s1. The number of aromatic nitrogens is 2. The van der Waals surface area contributed by atoms with E-state index in [0.29, 0.717) is 28.5 Å². The van der Waals surface area contributed by atoms with E-state index in [1.54, 1.807) is 38.3 Å². The normalized spacial score (nSPS) is 14.9. The highest BCUT2D eigenvalue weighted by molar-refractivity contribution is 6.03. The van der Waals surface area contributed by atoms with Gasteiger partial charge in [-0.3, -0.25) is 14.7 Å². The first-order valence-electron chi connectivity index (χ1n) is 11.1. The Hall–Kier alpha value is -4.66. The predicted molar refractivity (Wildman–Crippen MR) is 131 cm³/mol. The van der Waals surface area contributed by atoms with E-state index in [1.807, 2.05) is 41.0 Å². The smallest absolute Gasteiger partial charge is 0.338 e. The van der Waals surface area contributed by atoms with E-state index in [0.717, 1.165) is 16.6 Å². The van der Waals surface area contributed by atoms with Crippen LogP contribution in [-0.2, 0) is 9.53 Å². The van der Waals surface area contributed by atoms with Crippen LogP contribution in [-0.4, -0.2) is 34.2 Å². The lowest BCUT2D eigenvalue weighted by atomic mass is 9.92. The molecule has 0 saturated carbocycles. The zero-order valence-electron chi connectivity index (χ0n) is 19.1. The van der Waals surface area contributed by atoms with Gasteiger partial charge in [-0.25, -0.2) is 9.78 Å². The van der Waals surface area contributed by atoms with Crippen LogP contribution in [0.3, 0.4) is 0 Å². The van der Waals surface area contributed by atoms with Gasteiger partial charge < -0.3 is 14.8 Å². The van der Waals surface area contributed by atoms with E-state index in [9.17, 15) is 14.9 Å². The van der Waals surface area contributed by atoms with Crippen molar-refractivity contribution in [2.24, 2.45) is 0 Å². The number of ether oxygens (including phenoxy) is 2. The Morgan fingerprint density at radius 2 is 1.89 bits per heavy atom. The number of fused-ring (bicyclic) bond motifs is 3. The maximum atomic E-state index is 13.5. The average Bonchev–Trinajstić information content (AvgIpc) is 3.26. The number of carbonyl (C=O) groups excluding carboxylic acids is 1. The molecule has 0 fully saturated rings. The van der Waals surface area contributed by atoms with Crippen LogP contribution in [0.5, 0.6) is 5.75 Å². The van der Waals surface area contributed by atoms with Crippen molar-refractivity contribution in [2.45, 2.75) is 13.0 Å². The number of imidazole rings is 1. The molecule has 35 heavy (non-hydrogen) atoms. The second kappa shape index (κ2) is 8.94. The Morgan fingerprint density at radius 3 is 2.60 bits per heavy atom. The predicted octanol–water partition coefficient (Wildman–Crippen LogP) is 4.94. The summed E-state index contributed by atoms with van der Waals surface area (Å²) in [5.74, 6) is 0.664. The number of methoxy groups -OCH3 is 1. The number of nitro benzene ring substituents is 1. The molecule has 0 bridgehead atoms. The van der Waals surface area contributed by atoms with Gasteiger partial charge in [-0.2, -0.15) is 0 Å². The van der Waals surface area contributed by atoms with Crippen molar-refractivity contribution >= 4 is 34.3 Å². The highest BCUT2D eigenvalue weighted by atomic mass is 16.6. The third-order valence-corrected chi connectivity index (χ3v) is 5.90. The summed E-state index contributed by atoms with van der Waals surface area (Å²) in [4.78, 5) is 29.3. The van der Waals surface area contributed by atoms with E-state index in [1.165, 1.54) is 12.1 Å². The topological polar surface area (TPSA) is 109 Å². The molecule has 0 amide bonds. The number of hydrogen-bond donors (Lipinski definition) is 1. The first-order valence-corrected chi connectivity index (χ1v) is 11.1. The van der Waals surface area contributed by atoms with Crippen molar-refractivity contribution in [2.75, 3.05) is 19.0 Å². The summed E-state index contributed by atoms with van der Waals surface area (Å²) in [5, 5.41) is 14.9. The van der Waals surface area contributed by atoms with Crippen LogP contribution in [0.15, 0.2) is 78.4 Å². The SMILES string of the molecule is CCOC(=O)C1=C(c2ccc(OC)cc2)Nc2nc3ccccc3n2[C@@H]1c1cccc([N+](=O)[O-])c1. The maximum absolute atomic E-state index is 13.5. The Kier molecular flexibility index (Phi) is 5.66. The number of hydrogen-bond acceptors (Lipinski definition) is 7. The second-order valence-corrected chi connectivity index (χ2v) is 7.91. The molecular formula is C26H22N4O5. The summed E-state index contributed by atoms with van der Waals surface area (Å²) < 4.78 is 12.6. The van der Waals surface area contributed by atoms with Gasteiger partial charge in [0.1, 0.15) is 5.75 Å². The van der Waals surface area contributed by atoms with Crippen molar-refractivity contribution in [1.82, 2.24) is 9.55 Å². The number of anilines is 1. The van der Waals surface area contributed by atoms with Gasteiger partial charge in [0.25, 0.3) is 5.69 Å². The molecule has 9 heteroatoms. The third-order valence-electron chi connectivity index (χ3n) is 5.90. The van der Waals surface area contributed by atoms with Gasteiger partial charge in [-0.15, -0.1) is 0 Å². The first-order chi connectivity index (χ1) is 17.0. The third kappa shape index (κ3) is 3.86. The molecule has 4 aromatic rings. The summed E-state index contributed by atoms with van der Waals surface area (Å²) >= 11 is 0. The fraction of sp³-hybridized carbons (Fsp3) is 0.154. The fourth-order valence-electron chi connectivity index (χ4n) is 4.37. The zero-order chi connectivity index (χ0) is 24.5. The van der Waals surface area contributed by atoms with Crippen LogP contribution in [0.25, 0.3) is 16.7 Å². The van der Waals surface area contributed by atoms with Gasteiger partial charge in [0, 0.05) is 12.1 Å². The van der Waals surface area contributed by atoms with Crippen LogP contribution >= 0.6 is 0 Å². The summed E-state index contributed by atoms with van der Waals surface area (Å²) in [5.41, 5.74) is 3.58. The largest absolute Gasteiger partial charge is 0.497 e. The van der Waals surface area contributed by atoms with Crippen LogP contribution in [0.4, 0.5) is 11.6 Å². The van der Waals surface area contributed by atoms with Crippen molar-refractivity contribution in [3.05, 3.63) is 99.6 Å². The van der Waals surface area contributed by atoms with Crippen LogP contribution < -0.4 is 10.1 Å². The molecule has 1 aromatic heterocycles. The molecule has 0 radical (unpaired) electrons. The first kappa shape index (κ1) is 22.1. The number of esters is 1. The zero-order valence-corrected chi connectivity index (χ0v) is 19.1. The average molecular weight is 470 g/mol. The Labute approximate surface area is 200 Å². The number of nitro groups is 1. The number of benzene rings is 3. The highest BCUT2D eigenvalue weighted by Crippen LogP contribution is 2.43. The molecule has 176 valence electrons. The molecule has 5 rings (SSSR count). The van der Waals surface area contributed by atoms with Gasteiger partial charge >= 0.3 is 5.97 Å². The number of carbonyl (C=O) groups is 1. The molecule has 2 heterocycles. The molecule has 0 aliphatic carbocycles. The number of rotatable bonds is 6. The Bertz CT molecular complexity index is 1470. The highest BCUT2D eigenvalue weighted by Gasteiger charge is 2.37. The Morgan fingerprint density at radius 1 is 1.11 bits per heavy atom. The monoisotopic (exact) mass is 470 g/mol. The quantitative estimate of drug-likeness (QED) is 0.241. The second-order valence-electron chi connectivity index (χ2n) is 7.91. The summed E-state index contributed by atoms with van der Waals surface area (Å²) in [6.07, 6.45) is 0. The van der Waals surface area contributed by atoms with Gasteiger partial charge in [0.15, 0.2) is 0 Å². The van der Waals surface area contributed by atoms with E-state index < -0.39 is 16.9 Å². The van der Waals surface area contributed by atoms with Gasteiger partial charge in [0.05, 0.1) is 47.0 Å². The number of nitrogens with one attached hydrogen (secondary N) is 1. The molecule has 1 N–H and O–H groups in total. The molecule has 1 aliphatic heterocycles. The van der Waals surface area contributed by atoms with Crippen LogP contribution in [0.2, 0.25) is 0 Å². The molecular weight excluding hydrogens is 448 g/mol. The summed E-state index contributed by atoms with van der Waals surface area (Å²) in [7, 11) is 1.58. The van der Waals surface area contributed by atoms with Crippen molar-refractivity contribution in [3.8, 4) is 5.75 Å². The molecule has 1 atom stereocenters. The van der Waals surface area contributed by atoms with Gasteiger partial charge in [-0.1, -0.05) is 24.3 Å². The van der Waals surface area contributed by atoms with Gasteiger partial charge in [0.2, 0.25) is 5.95 Å².